The van der Waals surface area contributed by atoms with E-state index in [1.54, 1.807) is 69.1 Å². The van der Waals surface area contributed by atoms with Crippen molar-refractivity contribution in [3.63, 3.8) is 0 Å². The molecule has 2 heterocycles. The van der Waals surface area contributed by atoms with E-state index in [0.29, 0.717) is 44.5 Å². The maximum Gasteiger partial charge on any atom is 0.338 e. The summed E-state index contributed by atoms with van der Waals surface area (Å²) in [7, 11) is 3.14. The molecule has 1 aromatic heterocycles. The number of carbonyl (C=O) groups is 1. The van der Waals surface area contributed by atoms with Gasteiger partial charge in [0.05, 0.1) is 42.7 Å². The maximum atomic E-state index is 13.7. The van der Waals surface area contributed by atoms with Crippen LogP contribution in [-0.4, -0.2) is 38.0 Å². The van der Waals surface area contributed by atoms with Crippen molar-refractivity contribution in [3.8, 4) is 17.2 Å². The van der Waals surface area contributed by atoms with Crippen molar-refractivity contribution in [2.45, 2.75) is 19.9 Å². The van der Waals surface area contributed by atoms with Crippen molar-refractivity contribution in [3.05, 3.63) is 97.2 Å². The molecule has 0 amide bonds. The van der Waals surface area contributed by atoms with Crippen molar-refractivity contribution in [2.75, 3.05) is 27.4 Å². The number of esters is 1. The van der Waals surface area contributed by atoms with Gasteiger partial charge in [-0.2, -0.15) is 0 Å². The Balaban J connectivity index is 1.87. The highest BCUT2D eigenvalue weighted by Crippen LogP contribution is 2.32. The summed E-state index contributed by atoms with van der Waals surface area (Å²) in [6, 6.07) is 12.0. The van der Waals surface area contributed by atoms with Crippen LogP contribution in [-0.2, 0) is 9.53 Å². The van der Waals surface area contributed by atoms with Gasteiger partial charge in [0.2, 0.25) is 0 Å². The number of thiazole rings is 1. The Hall–Kier alpha value is -4.11. The van der Waals surface area contributed by atoms with Gasteiger partial charge in [-0.05, 0) is 55.3 Å². The van der Waals surface area contributed by atoms with Crippen LogP contribution in [0.2, 0.25) is 0 Å². The Morgan fingerprint density at radius 2 is 1.89 bits per heavy atom. The highest BCUT2D eigenvalue weighted by molar-refractivity contribution is 7.07. The van der Waals surface area contributed by atoms with E-state index in [2.05, 4.69) is 11.6 Å². The second-order valence-corrected chi connectivity index (χ2v) is 9.09. The number of carbonyl (C=O) groups excluding carboxylic acids is 1. The summed E-state index contributed by atoms with van der Waals surface area (Å²) in [4.78, 5) is 31.8. The van der Waals surface area contributed by atoms with E-state index >= 15 is 0 Å². The zero-order valence-electron chi connectivity index (χ0n) is 21.1. The highest BCUT2D eigenvalue weighted by Gasteiger charge is 2.33. The minimum atomic E-state index is -0.687. The third kappa shape index (κ3) is 5.22. The number of aromatic nitrogens is 1. The lowest BCUT2D eigenvalue weighted by Gasteiger charge is -2.24. The molecule has 2 aromatic carbocycles. The second-order valence-electron chi connectivity index (χ2n) is 8.09. The smallest absolute Gasteiger partial charge is 0.338 e. The van der Waals surface area contributed by atoms with Crippen molar-refractivity contribution >= 4 is 23.4 Å². The van der Waals surface area contributed by atoms with Crippen LogP contribution in [0.3, 0.4) is 0 Å². The summed E-state index contributed by atoms with van der Waals surface area (Å²) in [6.45, 7) is 7.72. The summed E-state index contributed by atoms with van der Waals surface area (Å²) < 4.78 is 23.7. The van der Waals surface area contributed by atoms with E-state index in [-0.39, 0.29) is 12.2 Å². The summed E-state index contributed by atoms with van der Waals surface area (Å²) in [5, 5.41) is 0. The zero-order valence-corrected chi connectivity index (χ0v) is 22.0. The van der Waals surface area contributed by atoms with E-state index in [0.717, 1.165) is 11.1 Å². The van der Waals surface area contributed by atoms with Crippen LogP contribution >= 0.6 is 11.3 Å². The molecular weight excluding hydrogens is 492 g/mol. The minimum absolute atomic E-state index is 0.212. The lowest BCUT2D eigenvalue weighted by molar-refractivity contribution is -0.139. The number of nitrogens with zero attached hydrogens (tertiary/aromatic N) is 2. The summed E-state index contributed by atoms with van der Waals surface area (Å²) in [5.74, 6) is 1.29. The molecule has 0 saturated carbocycles. The molecule has 0 aliphatic carbocycles. The molecule has 0 spiro atoms. The highest BCUT2D eigenvalue weighted by atomic mass is 32.1. The van der Waals surface area contributed by atoms with Crippen LogP contribution in [0.25, 0.3) is 6.08 Å². The van der Waals surface area contributed by atoms with Gasteiger partial charge < -0.3 is 18.9 Å². The summed E-state index contributed by atoms with van der Waals surface area (Å²) in [5.41, 5.74) is 2.09. The van der Waals surface area contributed by atoms with Crippen molar-refractivity contribution < 1.29 is 23.7 Å². The molecule has 1 aliphatic rings. The van der Waals surface area contributed by atoms with Gasteiger partial charge in [-0.15, -0.1) is 0 Å². The minimum Gasteiger partial charge on any atom is -0.497 e. The van der Waals surface area contributed by atoms with Gasteiger partial charge in [0.1, 0.15) is 12.4 Å². The molecule has 0 fully saturated rings. The van der Waals surface area contributed by atoms with Crippen molar-refractivity contribution in [1.29, 1.82) is 0 Å². The molecular formula is C28H28N2O6S. The molecule has 192 valence electrons. The molecule has 8 nitrogen and oxygen atoms in total. The van der Waals surface area contributed by atoms with Gasteiger partial charge in [0, 0.05) is 0 Å². The number of hydrogen-bond donors (Lipinski definition) is 0. The predicted octanol–water partition coefficient (Wildman–Crippen LogP) is 3.38. The predicted molar refractivity (Wildman–Crippen MR) is 142 cm³/mol. The van der Waals surface area contributed by atoms with Gasteiger partial charge in [0.25, 0.3) is 5.56 Å². The lowest BCUT2D eigenvalue weighted by atomic mass is 9.96. The number of hydrogen-bond acceptors (Lipinski definition) is 8. The Bertz CT molecular complexity index is 1530. The molecule has 0 radical (unpaired) electrons. The molecule has 0 N–H and O–H groups in total. The number of benzene rings is 2. The van der Waals surface area contributed by atoms with Gasteiger partial charge in [-0.1, -0.05) is 42.2 Å². The van der Waals surface area contributed by atoms with Gasteiger partial charge in [-0.3, -0.25) is 9.36 Å². The summed E-state index contributed by atoms with van der Waals surface area (Å²) in [6.07, 6.45) is 3.43. The van der Waals surface area contributed by atoms with E-state index in [4.69, 9.17) is 18.9 Å². The standard InChI is InChI=1S/C28H28N2O6S/c1-6-14-36-21-13-8-18(15-22(21)34-5)16-23-26(31)30-25(19-9-11-20(33-4)12-10-19)24(27(32)35-7-2)17(3)29-28(30)37-23/h6,8-13,15-16,25H,1,7,14H2,2-5H3/b23-16-/t25-/m1/s1. The number of rotatable bonds is 9. The fraction of sp³-hybridized carbons (Fsp3) is 0.250. The molecule has 9 heteroatoms. The molecule has 37 heavy (non-hydrogen) atoms. The molecule has 4 rings (SSSR count). The lowest BCUT2D eigenvalue weighted by Crippen LogP contribution is -2.39. The number of allylic oxidation sites excluding steroid dienone is 1. The zero-order chi connectivity index (χ0) is 26.5. The van der Waals surface area contributed by atoms with Crippen LogP contribution in [0, 0.1) is 0 Å². The average molecular weight is 521 g/mol. The molecule has 0 bridgehead atoms. The molecule has 3 aromatic rings. The number of ether oxygens (including phenoxy) is 4. The fourth-order valence-electron chi connectivity index (χ4n) is 4.09. The Morgan fingerprint density at radius 3 is 2.54 bits per heavy atom. The summed E-state index contributed by atoms with van der Waals surface area (Å²) >= 11 is 1.26. The third-order valence-corrected chi connectivity index (χ3v) is 6.77. The van der Waals surface area contributed by atoms with Crippen LogP contribution in [0.4, 0.5) is 0 Å². The monoisotopic (exact) mass is 520 g/mol. The van der Waals surface area contributed by atoms with Crippen LogP contribution in [0.15, 0.2) is 76.2 Å². The largest absolute Gasteiger partial charge is 0.497 e. The van der Waals surface area contributed by atoms with Gasteiger partial charge in [0.15, 0.2) is 16.3 Å². The second kappa shape index (κ2) is 11.3. The number of methoxy groups -OCH3 is 2. The molecule has 1 aliphatic heterocycles. The van der Waals surface area contributed by atoms with Crippen molar-refractivity contribution in [2.24, 2.45) is 4.99 Å². The fourth-order valence-corrected chi connectivity index (χ4v) is 5.13. The first-order chi connectivity index (χ1) is 17.9. The first kappa shape index (κ1) is 26.0. The average Bonchev–Trinajstić information content (AvgIpc) is 3.21. The van der Waals surface area contributed by atoms with Crippen molar-refractivity contribution in [1.82, 2.24) is 4.57 Å². The first-order valence-corrected chi connectivity index (χ1v) is 12.5. The van der Waals surface area contributed by atoms with Crippen LogP contribution in [0.1, 0.15) is 31.0 Å². The maximum absolute atomic E-state index is 13.7. The van der Waals surface area contributed by atoms with E-state index in [9.17, 15) is 9.59 Å². The Kier molecular flexibility index (Phi) is 7.93. The topological polar surface area (TPSA) is 88.4 Å². The van der Waals surface area contributed by atoms with E-state index in [1.165, 1.54) is 11.3 Å². The van der Waals surface area contributed by atoms with E-state index < -0.39 is 12.0 Å². The van der Waals surface area contributed by atoms with Gasteiger partial charge >= 0.3 is 5.97 Å². The third-order valence-electron chi connectivity index (χ3n) is 5.79. The molecule has 0 saturated heterocycles. The Labute approximate surface area is 218 Å². The van der Waals surface area contributed by atoms with Crippen LogP contribution < -0.4 is 29.1 Å². The SMILES string of the molecule is C=CCOc1ccc(/C=c2\sc3n(c2=O)[C@H](c2ccc(OC)cc2)C(C(=O)OCC)=C(C)N=3)cc1OC. The molecule has 0 unspecified atom stereocenters. The Morgan fingerprint density at radius 1 is 1.14 bits per heavy atom. The quantitative estimate of drug-likeness (QED) is 0.318. The van der Waals surface area contributed by atoms with E-state index in [1.807, 2.05) is 18.2 Å². The first-order valence-electron chi connectivity index (χ1n) is 11.7. The van der Waals surface area contributed by atoms with Gasteiger partial charge in [-0.25, -0.2) is 9.79 Å². The number of fused-ring (bicyclic) bond motifs is 1. The normalized spacial score (nSPS) is 15.0. The molecule has 1 atom stereocenters. The van der Waals surface area contributed by atoms with Crippen LogP contribution in [0.5, 0.6) is 17.2 Å².